The summed E-state index contributed by atoms with van der Waals surface area (Å²) < 4.78 is 70.2. The standard InChI is InChI=1S/C31H33ClF3NO10/c1-13(7-8-42-20-11-16(33)4-5-17(20)32)27-23(37)21(35)31(46-27)45-19-6-3-15(10-18(19)34)9-14(2)30(41)36-22-24(38)26(40)29-28(25(22)39)43-12-44-29/h3-7,9-11,21-29,31,37-40H,8,12H2,1-2H3,(H,36,41)/t21-,22-,23+,24+,25-,26-,27-,28+,29-,31-/m1/s1. The zero-order valence-corrected chi connectivity index (χ0v) is 25.3. The molecule has 2 aromatic rings. The number of aliphatic hydroxyl groups excluding tert-OH is 4. The molecule has 250 valence electrons. The number of aliphatic hydroxyl groups is 4. The first-order valence-electron chi connectivity index (χ1n) is 14.3. The fourth-order valence-corrected chi connectivity index (χ4v) is 5.60. The number of benzene rings is 2. The number of halogens is 4. The highest BCUT2D eigenvalue weighted by Crippen LogP contribution is 2.33. The van der Waals surface area contributed by atoms with Crippen LogP contribution in [0.3, 0.4) is 0 Å². The molecule has 1 aliphatic carbocycles. The molecule has 5 N–H and O–H groups in total. The lowest BCUT2D eigenvalue weighted by atomic mass is 9.83. The van der Waals surface area contributed by atoms with Crippen LogP contribution in [-0.4, -0.2) is 101 Å². The molecule has 2 aliphatic heterocycles. The third kappa shape index (κ3) is 7.19. The van der Waals surface area contributed by atoms with Crippen LogP contribution in [0, 0.1) is 11.6 Å². The van der Waals surface area contributed by atoms with E-state index in [1.807, 2.05) is 0 Å². The first-order chi connectivity index (χ1) is 21.8. The number of ether oxygens (including phenoxy) is 5. The zero-order chi connectivity index (χ0) is 33.3. The highest BCUT2D eigenvalue weighted by molar-refractivity contribution is 6.32. The van der Waals surface area contributed by atoms with Crippen LogP contribution in [0.15, 0.2) is 53.6 Å². The molecule has 0 unspecified atom stereocenters. The van der Waals surface area contributed by atoms with Crippen molar-refractivity contribution in [2.24, 2.45) is 0 Å². The molecule has 0 spiro atoms. The summed E-state index contributed by atoms with van der Waals surface area (Å²) in [7, 11) is 0. The van der Waals surface area contributed by atoms with Crippen LogP contribution in [0.5, 0.6) is 11.5 Å². The Morgan fingerprint density at radius 2 is 1.72 bits per heavy atom. The lowest BCUT2D eigenvalue weighted by molar-refractivity contribution is -0.155. The van der Waals surface area contributed by atoms with E-state index >= 15 is 0 Å². The summed E-state index contributed by atoms with van der Waals surface area (Å²) in [5, 5.41) is 44.3. The van der Waals surface area contributed by atoms with Crippen LogP contribution in [0.1, 0.15) is 19.4 Å². The molecular formula is C31H33ClF3NO10. The van der Waals surface area contributed by atoms with Gasteiger partial charge in [0.15, 0.2) is 17.7 Å². The first-order valence-corrected chi connectivity index (χ1v) is 14.7. The van der Waals surface area contributed by atoms with Crippen LogP contribution < -0.4 is 14.8 Å². The van der Waals surface area contributed by atoms with Crippen LogP contribution in [0.25, 0.3) is 6.08 Å². The van der Waals surface area contributed by atoms with Crippen molar-refractivity contribution in [3.05, 3.63) is 75.8 Å². The zero-order valence-electron chi connectivity index (χ0n) is 24.6. The average Bonchev–Trinajstić information content (AvgIpc) is 3.62. The summed E-state index contributed by atoms with van der Waals surface area (Å²) in [5.74, 6) is -2.43. The van der Waals surface area contributed by atoms with Gasteiger partial charge < -0.3 is 49.4 Å². The number of amides is 1. The second kappa shape index (κ2) is 14.3. The van der Waals surface area contributed by atoms with Gasteiger partial charge in [-0.2, -0.15) is 0 Å². The molecule has 1 saturated carbocycles. The van der Waals surface area contributed by atoms with Crippen LogP contribution in [-0.2, 0) is 19.0 Å². The van der Waals surface area contributed by atoms with Gasteiger partial charge in [-0.05, 0) is 61.4 Å². The lowest BCUT2D eigenvalue weighted by Gasteiger charge is -2.41. The van der Waals surface area contributed by atoms with Crippen molar-refractivity contribution in [3.8, 4) is 11.5 Å². The van der Waals surface area contributed by atoms with E-state index in [4.69, 9.17) is 35.3 Å². The molecule has 0 aromatic heterocycles. The van der Waals surface area contributed by atoms with Gasteiger partial charge in [-0.3, -0.25) is 4.79 Å². The molecule has 15 heteroatoms. The monoisotopic (exact) mass is 671 g/mol. The van der Waals surface area contributed by atoms with Crippen molar-refractivity contribution in [1.82, 2.24) is 5.32 Å². The van der Waals surface area contributed by atoms with Crippen molar-refractivity contribution < 1.29 is 62.1 Å². The number of rotatable bonds is 9. The van der Waals surface area contributed by atoms with Crippen molar-refractivity contribution in [2.75, 3.05) is 13.4 Å². The minimum Gasteiger partial charge on any atom is -0.488 e. The Labute approximate surface area is 266 Å². The Balaban J connectivity index is 1.18. The maximum absolute atomic E-state index is 15.0. The van der Waals surface area contributed by atoms with Gasteiger partial charge in [-0.1, -0.05) is 17.7 Å². The number of alkyl halides is 1. The summed E-state index contributed by atoms with van der Waals surface area (Å²) in [6.07, 6.45) is -9.82. The molecule has 10 atom stereocenters. The average molecular weight is 672 g/mol. The van der Waals surface area contributed by atoms with Crippen molar-refractivity contribution in [1.29, 1.82) is 0 Å². The first kappa shape index (κ1) is 34.1. The van der Waals surface area contributed by atoms with Gasteiger partial charge in [0.25, 0.3) is 0 Å². The molecule has 2 saturated heterocycles. The number of hydrogen-bond acceptors (Lipinski definition) is 10. The van der Waals surface area contributed by atoms with E-state index in [0.717, 1.165) is 12.1 Å². The normalized spacial score (nSPS) is 33.1. The van der Waals surface area contributed by atoms with Gasteiger partial charge in [0.1, 0.15) is 67.7 Å². The minimum absolute atomic E-state index is 0.0764. The predicted octanol–water partition coefficient (Wildman–Crippen LogP) is 2.17. The van der Waals surface area contributed by atoms with Gasteiger partial charge >= 0.3 is 0 Å². The molecule has 0 bridgehead atoms. The molecular weight excluding hydrogens is 639 g/mol. The van der Waals surface area contributed by atoms with Gasteiger partial charge in [0, 0.05) is 11.6 Å². The Bertz CT molecular complexity index is 1490. The fraction of sp³-hybridized carbons (Fsp3) is 0.452. The highest BCUT2D eigenvalue weighted by atomic mass is 35.5. The fourth-order valence-electron chi connectivity index (χ4n) is 5.43. The SMILES string of the molecule is CC(=Cc1ccc(O[C@@H]2O[C@H](C(C)=CCOc3cc(F)ccc3Cl)[C@@H](O)[C@H]2F)c(F)c1)C(=O)N[C@@H]1[C@H](O)[C@@H](O)[C@H]2OCO[C@H]2[C@@H]1O. The van der Waals surface area contributed by atoms with Gasteiger partial charge in [-0.25, -0.2) is 13.2 Å². The molecule has 11 nitrogen and oxygen atoms in total. The number of fused-ring (bicyclic) bond motifs is 1. The molecule has 1 amide bonds. The van der Waals surface area contributed by atoms with Gasteiger partial charge in [0.05, 0.1) is 11.1 Å². The largest absolute Gasteiger partial charge is 0.488 e. The minimum atomic E-state index is -2.03. The van der Waals surface area contributed by atoms with E-state index in [1.165, 1.54) is 43.3 Å². The second-order valence-corrected chi connectivity index (χ2v) is 11.6. The Kier molecular flexibility index (Phi) is 10.6. The summed E-state index contributed by atoms with van der Waals surface area (Å²) >= 11 is 5.98. The van der Waals surface area contributed by atoms with Crippen LogP contribution in [0.4, 0.5) is 13.2 Å². The van der Waals surface area contributed by atoms with Gasteiger partial charge in [0.2, 0.25) is 12.2 Å². The van der Waals surface area contributed by atoms with Crippen LogP contribution >= 0.6 is 11.6 Å². The number of carbonyl (C=O) groups excluding carboxylic acids is 1. The third-order valence-corrected chi connectivity index (χ3v) is 8.32. The molecule has 2 heterocycles. The van der Waals surface area contributed by atoms with Gasteiger partial charge in [-0.15, -0.1) is 0 Å². The molecule has 3 aliphatic rings. The molecule has 3 fully saturated rings. The summed E-state index contributed by atoms with van der Waals surface area (Å²) in [5.41, 5.74) is 0.691. The van der Waals surface area contributed by atoms with Crippen molar-refractivity contribution in [2.45, 2.75) is 75.1 Å². The van der Waals surface area contributed by atoms with E-state index in [9.17, 15) is 38.4 Å². The van der Waals surface area contributed by atoms with Crippen molar-refractivity contribution in [3.63, 3.8) is 0 Å². The number of hydrogen-bond donors (Lipinski definition) is 5. The summed E-state index contributed by atoms with van der Waals surface area (Å²) in [4.78, 5) is 12.8. The van der Waals surface area contributed by atoms with E-state index in [2.05, 4.69) is 5.32 Å². The predicted molar refractivity (Wildman–Crippen MR) is 155 cm³/mol. The Morgan fingerprint density at radius 3 is 2.43 bits per heavy atom. The quantitative estimate of drug-likeness (QED) is 0.198. The highest BCUT2D eigenvalue weighted by Gasteiger charge is 2.53. The number of nitrogens with one attached hydrogen (secondary N) is 1. The summed E-state index contributed by atoms with van der Waals surface area (Å²) in [6.45, 7) is 2.72. The van der Waals surface area contributed by atoms with Crippen molar-refractivity contribution >= 4 is 23.6 Å². The number of carbonyl (C=O) groups is 1. The smallest absolute Gasteiger partial charge is 0.247 e. The lowest BCUT2D eigenvalue weighted by Crippen LogP contribution is -2.67. The third-order valence-electron chi connectivity index (χ3n) is 8.01. The molecule has 0 radical (unpaired) electrons. The Morgan fingerprint density at radius 1 is 1.00 bits per heavy atom. The second-order valence-electron chi connectivity index (χ2n) is 11.2. The molecule has 2 aromatic carbocycles. The molecule has 5 rings (SSSR count). The van der Waals surface area contributed by atoms with E-state index < -0.39 is 78.8 Å². The topological polar surface area (TPSA) is 156 Å². The van der Waals surface area contributed by atoms with E-state index in [-0.39, 0.29) is 41.1 Å². The van der Waals surface area contributed by atoms with E-state index in [0.29, 0.717) is 5.57 Å². The maximum Gasteiger partial charge on any atom is 0.247 e. The Hall–Kier alpha value is -3.21. The van der Waals surface area contributed by atoms with E-state index in [1.54, 1.807) is 6.92 Å². The molecule has 46 heavy (non-hydrogen) atoms. The van der Waals surface area contributed by atoms with Crippen LogP contribution in [0.2, 0.25) is 5.02 Å². The maximum atomic E-state index is 15.0. The summed E-state index contributed by atoms with van der Waals surface area (Å²) in [6, 6.07) is 5.98.